The minimum absolute atomic E-state index is 0.0705. The Balaban J connectivity index is 1.49. The molecule has 0 aliphatic carbocycles. The van der Waals surface area contributed by atoms with Crippen molar-refractivity contribution in [2.75, 3.05) is 23.4 Å². The summed E-state index contributed by atoms with van der Waals surface area (Å²) in [4.78, 5) is 38.2. The fraction of sp³-hybridized carbons (Fsp3) is 0.353. The number of halogens is 1. The van der Waals surface area contributed by atoms with Gasteiger partial charge in [-0.1, -0.05) is 27.3 Å². The molecule has 2 aliphatic rings. The van der Waals surface area contributed by atoms with Crippen molar-refractivity contribution in [2.45, 2.75) is 25.9 Å². The molecule has 1 unspecified atom stereocenters. The highest BCUT2D eigenvalue weighted by Crippen LogP contribution is 2.35. The zero-order chi connectivity index (χ0) is 19.1. The molecule has 140 valence electrons. The number of ether oxygens (including phenoxy) is 1. The van der Waals surface area contributed by atoms with Crippen LogP contribution in [0.15, 0.2) is 16.6 Å². The van der Waals surface area contributed by atoms with Crippen LogP contribution in [0.3, 0.4) is 0 Å². The van der Waals surface area contributed by atoms with Crippen LogP contribution in [-0.2, 0) is 14.3 Å². The van der Waals surface area contributed by atoms with Gasteiger partial charge in [0.05, 0.1) is 11.3 Å². The van der Waals surface area contributed by atoms with Gasteiger partial charge in [0.15, 0.2) is 0 Å². The molecule has 0 saturated carbocycles. The molecule has 10 heteroatoms. The van der Waals surface area contributed by atoms with E-state index < -0.39 is 17.6 Å². The summed E-state index contributed by atoms with van der Waals surface area (Å²) in [5, 5.41) is 11.7. The highest BCUT2D eigenvalue weighted by atomic mass is 79.9. The van der Waals surface area contributed by atoms with Crippen molar-refractivity contribution in [1.82, 2.24) is 10.2 Å². The molecule has 3 heterocycles. The molecule has 8 nitrogen and oxygen atoms in total. The van der Waals surface area contributed by atoms with Crippen LogP contribution in [0.2, 0.25) is 0 Å². The van der Waals surface area contributed by atoms with Gasteiger partial charge in [0.1, 0.15) is 17.7 Å². The molecule has 1 aromatic heterocycles. The van der Waals surface area contributed by atoms with Gasteiger partial charge in [-0.05, 0) is 37.5 Å². The van der Waals surface area contributed by atoms with Gasteiger partial charge in [0.25, 0.3) is 11.7 Å². The fourth-order valence-electron chi connectivity index (χ4n) is 3.25. The van der Waals surface area contributed by atoms with E-state index in [9.17, 15) is 14.4 Å². The van der Waals surface area contributed by atoms with Gasteiger partial charge in [0.2, 0.25) is 11.0 Å². The number of aryl methyl sites for hydroxylation is 1. The van der Waals surface area contributed by atoms with Crippen molar-refractivity contribution in [3.05, 3.63) is 32.7 Å². The molecule has 2 aliphatic heterocycles. The van der Waals surface area contributed by atoms with E-state index in [-0.39, 0.29) is 12.6 Å². The number of Topliss-reactive ketones (excluding diaryl/α,β-unsaturated/α-hetero) is 1. The Morgan fingerprint density at radius 3 is 2.96 bits per heavy atom. The number of rotatable bonds is 4. The van der Waals surface area contributed by atoms with Gasteiger partial charge in [-0.25, -0.2) is 0 Å². The summed E-state index contributed by atoms with van der Waals surface area (Å²) in [7, 11) is 0. The summed E-state index contributed by atoms with van der Waals surface area (Å²) in [6.45, 7) is 2.22. The van der Waals surface area contributed by atoms with Crippen molar-refractivity contribution < 1.29 is 19.1 Å². The molecule has 1 aromatic carbocycles. The predicted octanol–water partition coefficient (Wildman–Crippen LogP) is 2.63. The number of benzene rings is 1. The molecule has 0 radical (unpaired) electrons. The summed E-state index contributed by atoms with van der Waals surface area (Å²) in [6, 6.07) is 3.40. The van der Waals surface area contributed by atoms with E-state index in [1.807, 2.05) is 0 Å². The first-order chi connectivity index (χ1) is 12.9. The Morgan fingerprint density at radius 2 is 2.22 bits per heavy atom. The second-order valence-corrected chi connectivity index (χ2v) is 8.26. The van der Waals surface area contributed by atoms with Crippen LogP contribution in [-0.4, -0.2) is 40.9 Å². The molecule has 2 amide bonds. The maximum atomic E-state index is 12.4. The normalized spacial score (nSPS) is 18.9. The lowest BCUT2D eigenvalue weighted by Crippen LogP contribution is -2.37. The number of amides is 2. The zero-order valence-electron chi connectivity index (χ0n) is 14.3. The molecule has 1 saturated heterocycles. The highest BCUT2D eigenvalue weighted by molar-refractivity contribution is 9.10. The zero-order valence-corrected chi connectivity index (χ0v) is 16.7. The van der Waals surface area contributed by atoms with Gasteiger partial charge < -0.3 is 4.74 Å². The average Bonchev–Trinajstić information content (AvgIpc) is 3.33. The average molecular weight is 451 g/mol. The highest BCUT2D eigenvalue weighted by Gasteiger charge is 2.38. The Hall–Kier alpha value is -2.17. The molecule has 1 N–H and O–H groups in total. The Bertz CT molecular complexity index is 954. The van der Waals surface area contributed by atoms with Crippen molar-refractivity contribution in [1.29, 1.82) is 0 Å². The Labute approximate surface area is 167 Å². The summed E-state index contributed by atoms with van der Waals surface area (Å²) in [5.41, 5.74) is 1.51. The van der Waals surface area contributed by atoms with Crippen LogP contribution in [0, 0.1) is 6.92 Å². The molecule has 0 spiro atoms. The van der Waals surface area contributed by atoms with Crippen molar-refractivity contribution in [3.8, 4) is 0 Å². The van der Waals surface area contributed by atoms with E-state index in [1.165, 1.54) is 16.2 Å². The van der Waals surface area contributed by atoms with Crippen LogP contribution in [0.4, 0.5) is 10.8 Å². The molecule has 2 aromatic rings. The lowest BCUT2D eigenvalue weighted by molar-refractivity contribution is -0.118. The maximum Gasteiger partial charge on any atom is 0.299 e. The standard InChI is InChI=1S/C17H15BrN4O4S/c1-8-5-9(18)6-10-13(8)22(16(25)14(10)24)7-12(23)19-17-21-20-15(27-17)11-3-2-4-26-11/h5-6,11H,2-4,7H2,1H3,(H,19,21,23). The third kappa shape index (κ3) is 3.40. The topological polar surface area (TPSA) is 101 Å². The molecule has 1 fully saturated rings. The predicted molar refractivity (Wildman–Crippen MR) is 102 cm³/mol. The maximum absolute atomic E-state index is 12.4. The second kappa shape index (κ2) is 7.10. The third-order valence-electron chi connectivity index (χ3n) is 4.41. The van der Waals surface area contributed by atoms with Gasteiger partial charge in [-0.15, -0.1) is 10.2 Å². The number of carbonyl (C=O) groups excluding carboxylic acids is 3. The summed E-state index contributed by atoms with van der Waals surface area (Å²) >= 11 is 4.58. The Kier molecular flexibility index (Phi) is 4.79. The van der Waals surface area contributed by atoms with Crippen molar-refractivity contribution >= 4 is 55.7 Å². The van der Waals surface area contributed by atoms with Gasteiger partial charge in [0, 0.05) is 11.1 Å². The Morgan fingerprint density at radius 1 is 1.41 bits per heavy atom. The van der Waals surface area contributed by atoms with E-state index in [0.717, 1.165) is 23.4 Å². The van der Waals surface area contributed by atoms with Crippen LogP contribution >= 0.6 is 27.3 Å². The number of nitrogens with zero attached hydrogens (tertiary/aromatic N) is 3. The minimum Gasteiger partial charge on any atom is -0.371 e. The molecular formula is C17H15BrN4O4S. The fourth-order valence-corrected chi connectivity index (χ4v) is 4.66. The largest absolute Gasteiger partial charge is 0.371 e. The first-order valence-electron chi connectivity index (χ1n) is 8.35. The van der Waals surface area contributed by atoms with Crippen LogP contribution in [0.1, 0.15) is 39.9 Å². The lowest BCUT2D eigenvalue weighted by atomic mass is 10.1. The number of hydrogen-bond donors (Lipinski definition) is 1. The molecular weight excluding hydrogens is 436 g/mol. The van der Waals surface area contributed by atoms with Crippen molar-refractivity contribution in [3.63, 3.8) is 0 Å². The molecule has 4 rings (SSSR count). The van der Waals surface area contributed by atoms with E-state index in [4.69, 9.17) is 4.74 Å². The minimum atomic E-state index is -0.710. The third-order valence-corrected chi connectivity index (χ3v) is 5.80. The van der Waals surface area contributed by atoms with Crippen LogP contribution < -0.4 is 10.2 Å². The van der Waals surface area contributed by atoms with Gasteiger partial charge in [-0.3, -0.25) is 24.6 Å². The summed E-state index contributed by atoms with van der Waals surface area (Å²) in [5.74, 6) is -1.76. The number of ketones is 1. The van der Waals surface area contributed by atoms with Crippen LogP contribution in [0.5, 0.6) is 0 Å². The summed E-state index contributed by atoms with van der Waals surface area (Å²) < 4.78 is 6.26. The van der Waals surface area contributed by atoms with Gasteiger partial charge >= 0.3 is 0 Å². The second-order valence-electron chi connectivity index (χ2n) is 6.33. The SMILES string of the molecule is Cc1cc(Br)cc2c1N(CC(=O)Nc1nnc(C3CCCO3)s1)C(=O)C2=O. The molecule has 0 bridgehead atoms. The van der Waals surface area contributed by atoms with Crippen LogP contribution in [0.25, 0.3) is 0 Å². The number of nitrogens with one attached hydrogen (secondary N) is 1. The van der Waals surface area contributed by atoms with Crippen molar-refractivity contribution in [2.24, 2.45) is 0 Å². The molecule has 1 atom stereocenters. The van der Waals surface area contributed by atoms with Gasteiger partial charge in [-0.2, -0.15) is 0 Å². The number of hydrogen-bond acceptors (Lipinski definition) is 7. The first-order valence-corrected chi connectivity index (χ1v) is 9.96. The van der Waals surface area contributed by atoms with E-state index >= 15 is 0 Å². The monoisotopic (exact) mass is 450 g/mol. The van der Waals surface area contributed by atoms with E-state index in [1.54, 1.807) is 19.1 Å². The lowest BCUT2D eigenvalue weighted by Gasteiger charge is -2.17. The first kappa shape index (κ1) is 18.2. The smallest absolute Gasteiger partial charge is 0.299 e. The molecule has 27 heavy (non-hydrogen) atoms. The number of carbonyl (C=O) groups is 3. The van der Waals surface area contributed by atoms with E-state index in [2.05, 4.69) is 31.4 Å². The number of aromatic nitrogens is 2. The number of fused-ring (bicyclic) bond motifs is 1. The summed E-state index contributed by atoms with van der Waals surface area (Å²) in [6.07, 6.45) is 1.80. The quantitative estimate of drug-likeness (QED) is 0.718. The van der Waals surface area contributed by atoms with E-state index in [0.29, 0.717) is 27.5 Å². The number of anilines is 2.